The molecule has 0 radical (unpaired) electrons. The summed E-state index contributed by atoms with van der Waals surface area (Å²) in [6.07, 6.45) is 5.34. The Morgan fingerprint density at radius 1 is 1.10 bits per heavy atom. The van der Waals surface area contributed by atoms with E-state index < -0.39 is 0 Å². The number of benzene rings is 1. The van der Waals surface area contributed by atoms with Crippen LogP contribution in [0.15, 0.2) is 48.8 Å². The van der Waals surface area contributed by atoms with Crippen LogP contribution in [0.25, 0.3) is 5.69 Å². The SMILES string of the molecule is CCNC(=O)c1ccc(-n2nnc(C(=O)NCc3cccnc3)c2CSC)cc1. The van der Waals surface area contributed by atoms with Crippen LogP contribution in [0.5, 0.6) is 0 Å². The Bertz CT molecular complexity index is 972. The number of nitrogens with zero attached hydrogens (tertiary/aromatic N) is 4. The van der Waals surface area contributed by atoms with E-state index in [0.29, 0.717) is 30.1 Å². The van der Waals surface area contributed by atoms with Crippen LogP contribution in [0.4, 0.5) is 0 Å². The molecule has 3 rings (SSSR count). The van der Waals surface area contributed by atoms with Crippen LogP contribution in [-0.4, -0.2) is 44.6 Å². The van der Waals surface area contributed by atoms with Crippen molar-refractivity contribution >= 4 is 23.6 Å². The van der Waals surface area contributed by atoms with Gasteiger partial charge in [-0.15, -0.1) is 5.10 Å². The molecule has 29 heavy (non-hydrogen) atoms. The van der Waals surface area contributed by atoms with Crippen LogP contribution in [0, 0.1) is 0 Å². The summed E-state index contributed by atoms with van der Waals surface area (Å²) in [6.45, 7) is 2.80. The first kappa shape index (κ1) is 20.5. The summed E-state index contributed by atoms with van der Waals surface area (Å²) >= 11 is 1.57. The van der Waals surface area contributed by atoms with E-state index in [1.54, 1.807) is 53.1 Å². The molecule has 0 bridgehead atoms. The van der Waals surface area contributed by atoms with Crippen molar-refractivity contribution in [3.05, 3.63) is 71.3 Å². The molecule has 0 aliphatic heterocycles. The first-order valence-electron chi connectivity index (χ1n) is 9.13. The van der Waals surface area contributed by atoms with Gasteiger partial charge in [-0.1, -0.05) is 11.3 Å². The molecule has 0 aliphatic carbocycles. The van der Waals surface area contributed by atoms with Crippen LogP contribution in [-0.2, 0) is 12.3 Å². The second-order valence-corrected chi connectivity index (χ2v) is 7.05. The smallest absolute Gasteiger partial charge is 0.274 e. The molecule has 150 valence electrons. The van der Waals surface area contributed by atoms with Crippen LogP contribution < -0.4 is 10.6 Å². The number of aromatic nitrogens is 4. The summed E-state index contributed by atoms with van der Waals surface area (Å²) in [5, 5.41) is 13.9. The molecule has 0 unspecified atom stereocenters. The third kappa shape index (κ3) is 5.00. The average molecular weight is 411 g/mol. The fourth-order valence-electron chi connectivity index (χ4n) is 2.74. The van der Waals surface area contributed by atoms with Crippen molar-refractivity contribution in [2.24, 2.45) is 0 Å². The Hall–Kier alpha value is -3.20. The van der Waals surface area contributed by atoms with Gasteiger partial charge < -0.3 is 10.6 Å². The van der Waals surface area contributed by atoms with Crippen molar-refractivity contribution in [1.29, 1.82) is 0 Å². The topological polar surface area (TPSA) is 102 Å². The van der Waals surface area contributed by atoms with Gasteiger partial charge in [0.25, 0.3) is 11.8 Å². The fourth-order valence-corrected chi connectivity index (χ4v) is 3.27. The van der Waals surface area contributed by atoms with Gasteiger partial charge in [-0.25, -0.2) is 4.68 Å². The van der Waals surface area contributed by atoms with Crippen molar-refractivity contribution in [3.8, 4) is 5.69 Å². The largest absolute Gasteiger partial charge is 0.352 e. The molecule has 8 nitrogen and oxygen atoms in total. The molecule has 0 atom stereocenters. The van der Waals surface area contributed by atoms with Crippen LogP contribution in [0.3, 0.4) is 0 Å². The molecule has 2 N–H and O–H groups in total. The minimum Gasteiger partial charge on any atom is -0.352 e. The molecule has 0 saturated carbocycles. The number of rotatable bonds is 8. The standard InChI is InChI=1S/C20H22N6O2S/c1-3-22-19(27)15-6-8-16(9-7-15)26-17(13-29-2)18(24-25-26)20(28)23-12-14-5-4-10-21-11-14/h4-11H,3,12-13H2,1-2H3,(H,22,27)(H,23,28). The molecule has 2 heterocycles. The highest BCUT2D eigenvalue weighted by atomic mass is 32.2. The van der Waals surface area contributed by atoms with Gasteiger partial charge in [-0.05, 0) is 49.1 Å². The third-order valence-corrected chi connectivity index (χ3v) is 4.71. The molecule has 0 aliphatic rings. The van der Waals surface area contributed by atoms with Crippen molar-refractivity contribution < 1.29 is 9.59 Å². The fraction of sp³-hybridized carbons (Fsp3) is 0.250. The molecule has 0 fully saturated rings. The number of carbonyl (C=O) groups is 2. The van der Waals surface area contributed by atoms with Crippen LogP contribution in [0.1, 0.15) is 39.0 Å². The van der Waals surface area contributed by atoms with E-state index in [4.69, 9.17) is 0 Å². The second kappa shape index (κ2) is 9.83. The van der Waals surface area contributed by atoms with Crippen LogP contribution in [0.2, 0.25) is 0 Å². The van der Waals surface area contributed by atoms with Gasteiger partial charge in [0.05, 0.1) is 11.4 Å². The summed E-state index contributed by atoms with van der Waals surface area (Å²) in [6, 6.07) is 10.8. The van der Waals surface area contributed by atoms with E-state index in [1.807, 2.05) is 25.3 Å². The maximum absolute atomic E-state index is 12.7. The minimum atomic E-state index is -0.289. The lowest BCUT2D eigenvalue weighted by Crippen LogP contribution is -2.24. The number of thioether (sulfide) groups is 1. The summed E-state index contributed by atoms with van der Waals surface area (Å²) in [7, 11) is 0. The first-order chi connectivity index (χ1) is 14.1. The molecule has 3 aromatic rings. The van der Waals surface area contributed by atoms with Crippen molar-refractivity contribution in [2.45, 2.75) is 19.2 Å². The Kier molecular flexibility index (Phi) is 6.96. The maximum Gasteiger partial charge on any atom is 0.274 e. The Balaban J connectivity index is 1.81. The molecule has 2 aromatic heterocycles. The number of pyridine rings is 1. The minimum absolute atomic E-state index is 0.127. The van der Waals surface area contributed by atoms with Gasteiger partial charge in [-0.2, -0.15) is 11.8 Å². The summed E-state index contributed by atoms with van der Waals surface area (Å²) in [4.78, 5) is 28.6. The summed E-state index contributed by atoms with van der Waals surface area (Å²) in [5.74, 6) is 0.154. The molecule has 9 heteroatoms. The van der Waals surface area contributed by atoms with E-state index in [2.05, 4.69) is 25.9 Å². The van der Waals surface area contributed by atoms with Crippen LogP contribution >= 0.6 is 11.8 Å². The number of nitrogens with one attached hydrogen (secondary N) is 2. The normalized spacial score (nSPS) is 10.6. The Morgan fingerprint density at radius 3 is 2.55 bits per heavy atom. The van der Waals surface area contributed by atoms with Gasteiger partial charge >= 0.3 is 0 Å². The zero-order valence-corrected chi connectivity index (χ0v) is 17.1. The number of hydrogen-bond donors (Lipinski definition) is 2. The number of hydrogen-bond acceptors (Lipinski definition) is 6. The van der Waals surface area contributed by atoms with Gasteiger partial charge in [0.2, 0.25) is 0 Å². The molecule has 1 aromatic carbocycles. The van der Waals surface area contributed by atoms with Gasteiger partial charge in [0, 0.05) is 36.8 Å². The highest BCUT2D eigenvalue weighted by Crippen LogP contribution is 2.18. The van der Waals surface area contributed by atoms with Gasteiger partial charge in [-0.3, -0.25) is 14.6 Å². The predicted octanol–water partition coefficient (Wildman–Crippen LogP) is 2.20. The monoisotopic (exact) mass is 410 g/mol. The van der Waals surface area contributed by atoms with Crippen molar-refractivity contribution in [3.63, 3.8) is 0 Å². The average Bonchev–Trinajstić information content (AvgIpc) is 3.17. The highest BCUT2D eigenvalue weighted by Gasteiger charge is 2.20. The first-order valence-corrected chi connectivity index (χ1v) is 10.5. The van der Waals surface area contributed by atoms with Crippen molar-refractivity contribution in [1.82, 2.24) is 30.6 Å². The number of carbonyl (C=O) groups excluding carboxylic acids is 2. The molecular formula is C20H22N6O2S. The summed E-state index contributed by atoms with van der Waals surface area (Å²) < 4.78 is 1.64. The van der Waals surface area contributed by atoms with E-state index in [1.165, 1.54) is 0 Å². The Labute approximate surface area is 173 Å². The van der Waals surface area contributed by atoms with E-state index >= 15 is 0 Å². The molecule has 2 amide bonds. The zero-order chi connectivity index (χ0) is 20.6. The zero-order valence-electron chi connectivity index (χ0n) is 16.3. The third-order valence-electron chi connectivity index (χ3n) is 4.15. The molecule has 0 saturated heterocycles. The highest BCUT2D eigenvalue weighted by molar-refractivity contribution is 7.97. The summed E-state index contributed by atoms with van der Waals surface area (Å²) in [5.41, 5.74) is 3.20. The lowest BCUT2D eigenvalue weighted by atomic mass is 10.2. The van der Waals surface area contributed by atoms with E-state index in [-0.39, 0.29) is 17.5 Å². The quantitative estimate of drug-likeness (QED) is 0.590. The van der Waals surface area contributed by atoms with Crippen molar-refractivity contribution in [2.75, 3.05) is 12.8 Å². The Morgan fingerprint density at radius 2 is 1.90 bits per heavy atom. The second-order valence-electron chi connectivity index (χ2n) is 6.18. The van der Waals surface area contributed by atoms with E-state index in [0.717, 1.165) is 11.3 Å². The predicted molar refractivity (Wildman–Crippen MR) is 112 cm³/mol. The van der Waals surface area contributed by atoms with E-state index in [9.17, 15) is 9.59 Å². The lowest BCUT2D eigenvalue weighted by Gasteiger charge is -2.09. The molecular weight excluding hydrogens is 388 g/mol. The number of amides is 2. The lowest BCUT2D eigenvalue weighted by molar-refractivity contribution is 0.0940. The van der Waals surface area contributed by atoms with Gasteiger partial charge in [0.15, 0.2) is 5.69 Å². The van der Waals surface area contributed by atoms with Gasteiger partial charge in [0.1, 0.15) is 0 Å². The molecule has 0 spiro atoms. The maximum atomic E-state index is 12.7.